The number of amides is 2. The Kier molecular flexibility index (Phi) is 11.5. The third kappa shape index (κ3) is 8.98. The number of nitrogens with zero attached hydrogens (tertiary/aromatic N) is 2. The molecule has 0 atom stereocenters. The van der Waals surface area contributed by atoms with Gasteiger partial charge in [0.1, 0.15) is 61.1 Å². The van der Waals surface area contributed by atoms with Gasteiger partial charge in [0.15, 0.2) is 0 Å². The van der Waals surface area contributed by atoms with Crippen molar-refractivity contribution in [3.8, 4) is 56.6 Å². The van der Waals surface area contributed by atoms with Gasteiger partial charge < -0.3 is 29.6 Å². The van der Waals surface area contributed by atoms with Crippen LogP contribution in [-0.2, 0) is 36.0 Å². The van der Waals surface area contributed by atoms with Gasteiger partial charge in [-0.2, -0.15) is 0 Å². The number of fused-ring (bicyclic) bond motifs is 9. The number of hydrogen-bond donors (Lipinski definition) is 2. The molecule has 0 fully saturated rings. The van der Waals surface area contributed by atoms with Crippen molar-refractivity contribution in [2.75, 3.05) is 10.6 Å². The van der Waals surface area contributed by atoms with Crippen molar-refractivity contribution in [2.24, 2.45) is 0 Å². The van der Waals surface area contributed by atoms with Gasteiger partial charge in [0.2, 0.25) is 11.8 Å². The Hall–Kier alpha value is -8.50. The van der Waals surface area contributed by atoms with E-state index < -0.39 is 0 Å². The minimum absolute atomic E-state index is 0.213. The van der Waals surface area contributed by atoms with Crippen LogP contribution in [0.4, 0.5) is 11.6 Å². The van der Waals surface area contributed by atoms with E-state index in [1.54, 1.807) is 12.1 Å². The zero-order chi connectivity index (χ0) is 45.0. The number of pyridine rings is 2. The quantitative estimate of drug-likeness (QED) is 0.139. The zero-order valence-corrected chi connectivity index (χ0v) is 36.3. The van der Waals surface area contributed by atoms with Crippen molar-refractivity contribution < 1.29 is 28.5 Å². The first-order valence-electron chi connectivity index (χ1n) is 21.7. The Bertz CT molecular complexity index is 3070. The summed E-state index contributed by atoms with van der Waals surface area (Å²) in [6, 6.07) is 55.8. The summed E-state index contributed by atoms with van der Waals surface area (Å²) < 4.78 is 27.2. The van der Waals surface area contributed by atoms with E-state index in [2.05, 4.69) is 65.2 Å². The SMILES string of the molecule is CC(=O)Nc1cccc(-c2cc3ccc4c(c3cc2OCc2ccccc2)-c2c(ccc3cc(-c5cccc(NC(C)=O)n5)c(OCc5ccccc5)cc23)OCc2cccc(c2)CO4)n1. The van der Waals surface area contributed by atoms with E-state index in [0.29, 0.717) is 72.4 Å². The van der Waals surface area contributed by atoms with Gasteiger partial charge >= 0.3 is 0 Å². The summed E-state index contributed by atoms with van der Waals surface area (Å²) in [6.45, 7) is 4.18. The lowest BCUT2D eigenvalue weighted by atomic mass is 9.90. The fraction of sp³-hybridized carbons (Fsp3) is 0.107. The van der Waals surface area contributed by atoms with Crippen molar-refractivity contribution in [1.82, 2.24) is 9.97 Å². The molecular formula is C56H44N4O6. The minimum atomic E-state index is -0.213. The number of benzene rings is 7. The Morgan fingerprint density at radius 1 is 0.500 bits per heavy atom. The first-order chi connectivity index (χ1) is 32.3. The molecule has 0 unspecified atom stereocenters. The average Bonchev–Trinajstić information content (AvgIpc) is 3.35. The van der Waals surface area contributed by atoms with Crippen molar-refractivity contribution >= 4 is 45.0 Å². The molecular weight excluding hydrogens is 825 g/mol. The molecule has 0 spiro atoms. The predicted molar refractivity (Wildman–Crippen MR) is 259 cm³/mol. The van der Waals surface area contributed by atoms with Crippen LogP contribution in [0.25, 0.3) is 55.2 Å². The lowest BCUT2D eigenvalue weighted by Crippen LogP contribution is -2.07. The van der Waals surface area contributed by atoms with Gasteiger partial charge in [-0.05, 0) is 111 Å². The Balaban J connectivity index is 1.23. The van der Waals surface area contributed by atoms with E-state index in [-0.39, 0.29) is 11.8 Å². The molecule has 2 N–H and O–H groups in total. The second-order valence-corrected chi connectivity index (χ2v) is 16.1. The van der Waals surface area contributed by atoms with E-state index in [1.807, 2.05) is 103 Å². The molecule has 7 aromatic carbocycles. The maximum Gasteiger partial charge on any atom is 0.222 e. The lowest BCUT2D eigenvalue weighted by molar-refractivity contribution is -0.115. The Morgan fingerprint density at radius 2 is 0.939 bits per heavy atom. The van der Waals surface area contributed by atoms with Crippen LogP contribution in [0.2, 0.25) is 0 Å². The highest BCUT2D eigenvalue weighted by Gasteiger charge is 2.24. The highest BCUT2D eigenvalue weighted by atomic mass is 16.5. The third-order valence-corrected chi connectivity index (χ3v) is 11.3. The topological polar surface area (TPSA) is 121 Å². The lowest BCUT2D eigenvalue weighted by Gasteiger charge is -2.22. The van der Waals surface area contributed by atoms with Gasteiger partial charge in [0, 0.05) is 36.1 Å². The predicted octanol–water partition coefficient (Wildman–Crippen LogP) is 12.3. The molecule has 1 aliphatic heterocycles. The van der Waals surface area contributed by atoms with Crippen LogP contribution in [0.1, 0.15) is 36.1 Å². The normalized spacial score (nSPS) is 11.8. The molecule has 0 aliphatic carbocycles. The van der Waals surface area contributed by atoms with Gasteiger partial charge in [0.25, 0.3) is 0 Å². The standard InChI is InChI=1S/C56H44N4O6/c1-35(61)57-53-20-10-18-47(59-53)45-27-41-22-24-49-55(43(41)29-51(45)65-31-37-12-5-3-6-13-37)56-44-30-52(66-32-38-14-7-4-8-15-38)46(48-19-11-21-54(60-48)58-36(2)62)28-42(44)23-25-50(56)64-34-40-17-9-16-39(26-40)33-63-49/h3-30H,31-34H2,1-2H3,(H,57,59,61)(H,58,60,62). The summed E-state index contributed by atoms with van der Waals surface area (Å²) >= 11 is 0. The maximum atomic E-state index is 12.1. The van der Waals surface area contributed by atoms with Crippen molar-refractivity contribution in [2.45, 2.75) is 40.3 Å². The van der Waals surface area contributed by atoms with E-state index in [0.717, 1.165) is 66.1 Å². The molecule has 1 aliphatic rings. The fourth-order valence-electron chi connectivity index (χ4n) is 8.33. The smallest absolute Gasteiger partial charge is 0.222 e. The molecule has 10 nitrogen and oxygen atoms in total. The number of carbonyl (C=O) groups excluding carboxylic acids is 2. The highest BCUT2D eigenvalue weighted by molar-refractivity contribution is 6.12. The monoisotopic (exact) mass is 868 g/mol. The van der Waals surface area contributed by atoms with Crippen LogP contribution in [0, 0.1) is 0 Å². The van der Waals surface area contributed by atoms with E-state index in [9.17, 15) is 9.59 Å². The van der Waals surface area contributed by atoms with Gasteiger partial charge in [-0.15, -0.1) is 0 Å². The van der Waals surface area contributed by atoms with Crippen LogP contribution in [0.5, 0.6) is 23.0 Å². The zero-order valence-electron chi connectivity index (χ0n) is 36.3. The summed E-state index contributed by atoms with van der Waals surface area (Å²) in [5.41, 5.74) is 8.43. The second kappa shape index (κ2) is 18.3. The van der Waals surface area contributed by atoms with Crippen LogP contribution in [-0.4, -0.2) is 21.8 Å². The summed E-state index contributed by atoms with van der Waals surface area (Å²) in [5.74, 6) is 2.94. The number of rotatable bonds is 10. The molecule has 66 heavy (non-hydrogen) atoms. The van der Waals surface area contributed by atoms with Crippen molar-refractivity contribution in [3.63, 3.8) is 0 Å². The molecule has 10 heteroatoms. The highest BCUT2D eigenvalue weighted by Crippen LogP contribution is 2.50. The molecule has 10 rings (SSSR count). The summed E-state index contributed by atoms with van der Waals surface area (Å²) in [5, 5.41) is 9.18. The molecule has 324 valence electrons. The molecule has 2 amide bonds. The molecule has 2 bridgehead atoms. The number of carbonyl (C=O) groups is 2. The summed E-state index contributed by atoms with van der Waals surface area (Å²) in [7, 11) is 0. The number of nitrogens with one attached hydrogen (secondary N) is 2. The minimum Gasteiger partial charge on any atom is -0.488 e. The van der Waals surface area contributed by atoms with Crippen LogP contribution in [0.15, 0.2) is 170 Å². The number of aromatic nitrogens is 2. The van der Waals surface area contributed by atoms with Gasteiger partial charge in [-0.1, -0.05) is 103 Å². The molecule has 2 aromatic heterocycles. The number of anilines is 2. The van der Waals surface area contributed by atoms with Gasteiger partial charge in [-0.25, -0.2) is 9.97 Å². The maximum absolute atomic E-state index is 12.1. The largest absolute Gasteiger partial charge is 0.488 e. The average molecular weight is 869 g/mol. The van der Waals surface area contributed by atoms with Crippen molar-refractivity contribution in [1.29, 1.82) is 0 Å². The third-order valence-electron chi connectivity index (χ3n) is 11.3. The Labute approximate surface area is 381 Å². The molecule has 9 aromatic rings. The molecule has 0 saturated heterocycles. The number of ether oxygens (including phenoxy) is 4. The molecule has 3 heterocycles. The van der Waals surface area contributed by atoms with Crippen LogP contribution < -0.4 is 29.6 Å². The molecule has 0 saturated carbocycles. The van der Waals surface area contributed by atoms with E-state index >= 15 is 0 Å². The number of hydrogen-bond acceptors (Lipinski definition) is 8. The van der Waals surface area contributed by atoms with Gasteiger partial charge in [-0.3, -0.25) is 9.59 Å². The van der Waals surface area contributed by atoms with Gasteiger partial charge in [0.05, 0.1) is 11.4 Å². The van der Waals surface area contributed by atoms with Crippen molar-refractivity contribution in [3.05, 3.63) is 192 Å². The summed E-state index contributed by atoms with van der Waals surface area (Å²) in [4.78, 5) is 33.9. The molecule has 0 radical (unpaired) electrons. The van der Waals surface area contributed by atoms with Crippen LogP contribution in [0.3, 0.4) is 0 Å². The Morgan fingerprint density at radius 3 is 1.38 bits per heavy atom. The van der Waals surface area contributed by atoms with E-state index in [1.165, 1.54) is 13.8 Å². The first-order valence-corrected chi connectivity index (χ1v) is 21.7. The van der Waals surface area contributed by atoms with E-state index in [4.69, 9.17) is 28.9 Å². The first kappa shape index (κ1) is 41.5. The fourth-order valence-corrected chi connectivity index (χ4v) is 8.33. The second-order valence-electron chi connectivity index (χ2n) is 16.1. The summed E-state index contributed by atoms with van der Waals surface area (Å²) in [6.07, 6.45) is 0. The van der Waals surface area contributed by atoms with Crippen LogP contribution >= 0.6 is 0 Å².